The number of nitrogens with two attached hydrogens (primary N) is 1. The molecule has 3 aromatic rings. The number of hydrogen-bond donors (Lipinski definition) is 1. The van der Waals surface area contributed by atoms with Crippen molar-refractivity contribution in [1.82, 2.24) is 4.98 Å². The van der Waals surface area contributed by atoms with Gasteiger partial charge < -0.3 is 10.2 Å². The molecule has 0 spiro atoms. The number of aromatic nitrogens is 1. The second kappa shape index (κ2) is 4.03. The second-order valence-corrected chi connectivity index (χ2v) is 4.58. The predicted molar refractivity (Wildman–Crippen MR) is 73.6 cm³/mol. The van der Waals surface area contributed by atoms with Crippen molar-refractivity contribution in [3.63, 3.8) is 0 Å². The number of nitrogen functional groups attached to an aromatic ring is 1. The van der Waals surface area contributed by atoms with Crippen LogP contribution in [0, 0.1) is 6.92 Å². The summed E-state index contributed by atoms with van der Waals surface area (Å²) in [5, 5.41) is 0.493. The van der Waals surface area contributed by atoms with Gasteiger partial charge >= 0.3 is 0 Å². The molecule has 0 radical (unpaired) electrons. The molecular weight excluding hydrogens is 248 g/mol. The molecule has 2 aromatic carbocycles. The minimum absolute atomic E-state index is 0.493. The van der Waals surface area contributed by atoms with E-state index < -0.39 is 0 Å². The molecule has 0 atom stereocenters. The van der Waals surface area contributed by atoms with Crippen molar-refractivity contribution in [2.75, 3.05) is 5.73 Å². The van der Waals surface area contributed by atoms with Crippen LogP contribution in [0.5, 0.6) is 0 Å². The lowest BCUT2D eigenvalue weighted by Gasteiger charge is -1.98. The van der Waals surface area contributed by atoms with Crippen molar-refractivity contribution in [2.45, 2.75) is 6.92 Å². The smallest absolute Gasteiger partial charge is 0.227 e. The molecule has 2 N–H and O–H groups in total. The van der Waals surface area contributed by atoms with Crippen molar-refractivity contribution in [3.05, 3.63) is 47.0 Å². The van der Waals surface area contributed by atoms with Gasteiger partial charge in [0.15, 0.2) is 5.58 Å². The zero-order chi connectivity index (χ0) is 12.7. The fraction of sp³-hybridized carbons (Fsp3) is 0.0714. The Morgan fingerprint density at radius 1 is 1.22 bits per heavy atom. The summed E-state index contributed by atoms with van der Waals surface area (Å²) in [7, 11) is 0. The van der Waals surface area contributed by atoms with Gasteiger partial charge in [0, 0.05) is 11.6 Å². The quantitative estimate of drug-likeness (QED) is 0.670. The molecule has 0 aliphatic carbocycles. The van der Waals surface area contributed by atoms with Crippen LogP contribution in [0.2, 0.25) is 5.02 Å². The number of halogens is 1. The van der Waals surface area contributed by atoms with Crippen molar-refractivity contribution in [2.24, 2.45) is 0 Å². The van der Waals surface area contributed by atoms with Gasteiger partial charge in [-0.2, -0.15) is 0 Å². The van der Waals surface area contributed by atoms with E-state index >= 15 is 0 Å². The Bertz CT molecular complexity index is 695. The molecule has 3 nitrogen and oxygen atoms in total. The highest BCUT2D eigenvalue weighted by atomic mass is 35.5. The number of anilines is 1. The summed E-state index contributed by atoms with van der Waals surface area (Å²) < 4.78 is 5.72. The molecule has 0 saturated heterocycles. The van der Waals surface area contributed by atoms with Gasteiger partial charge in [-0.15, -0.1) is 0 Å². The third-order valence-electron chi connectivity index (χ3n) is 2.88. The van der Waals surface area contributed by atoms with Gasteiger partial charge in [0.2, 0.25) is 5.89 Å². The zero-order valence-electron chi connectivity index (χ0n) is 9.77. The van der Waals surface area contributed by atoms with Gasteiger partial charge in [-0.3, -0.25) is 0 Å². The molecule has 1 heterocycles. The van der Waals surface area contributed by atoms with E-state index in [4.69, 9.17) is 21.8 Å². The summed E-state index contributed by atoms with van der Waals surface area (Å²) in [4.78, 5) is 4.44. The maximum atomic E-state index is 5.97. The lowest BCUT2D eigenvalue weighted by molar-refractivity contribution is 0.619. The van der Waals surface area contributed by atoms with Crippen molar-refractivity contribution >= 4 is 28.4 Å². The number of fused-ring (bicyclic) bond motifs is 1. The van der Waals surface area contributed by atoms with Gasteiger partial charge in [-0.1, -0.05) is 29.8 Å². The summed E-state index contributed by atoms with van der Waals surface area (Å²) >= 11 is 5.97. The zero-order valence-corrected chi connectivity index (χ0v) is 10.5. The Kier molecular flexibility index (Phi) is 2.49. The molecule has 0 aliphatic heterocycles. The predicted octanol–water partition coefficient (Wildman–Crippen LogP) is 4.04. The molecule has 3 rings (SSSR count). The summed E-state index contributed by atoms with van der Waals surface area (Å²) in [5.41, 5.74) is 9.69. The Labute approximate surface area is 109 Å². The molecule has 0 unspecified atom stereocenters. The van der Waals surface area contributed by atoms with Crippen LogP contribution < -0.4 is 5.73 Å². The molecular formula is C14H11ClN2O. The average Bonchev–Trinajstić information content (AvgIpc) is 2.73. The van der Waals surface area contributed by atoms with Crippen LogP contribution in [-0.2, 0) is 0 Å². The molecule has 0 fully saturated rings. The highest BCUT2D eigenvalue weighted by Gasteiger charge is 2.11. The van der Waals surface area contributed by atoms with E-state index in [9.17, 15) is 0 Å². The van der Waals surface area contributed by atoms with Crippen LogP contribution in [0.15, 0.2) is 40.8 Å². The highest BCUT2D eigenvalue weighted by molar-refractivity contribution is 6.33. The van der Waals surface area contributed by atoms with Crippen LogP contribution in [-0.4, -0.2) is 4.98 Å². The summed E-state index contributed by atoms with van der Waals surface area (Å²) in [6.07, 6.45) is 0. The number of hydrogen-bond acceptors (Lipinski definition) is 3. The lowest BCUT2D eigenvalue weighted by Crippen LogP contribution is -1.84. The molecule has 0 saturated carbocycles. The average molecular weight is 259 g/mol. The fourth-order valence-electron chi connectivity index (χ4n) is 1.89. The normalized spacial score (nSPS) is 11.0. The van der Waals surface area contributed by atoms with Crippen LogP contribution in [0.25, 0.3) is 22.6 Å². The first-order chi connectivity index (χ1) is 8.65. The van der Waals surface area contributed by atoms with E-state index in [1.165, 1.54) is 0 Å². The maximum Gasteiger partial charge on any atom is 0.227 e. The van der Waals surface area contributed by atoms with E-state index in [0.29, 0.717) is 27.7 Å². The first kappa shape index (κ1) is 11.1. The number of oxazole rings is 1. The van der Waals surface area contributed by atoms with E-state index in [0.717, 1.165) is 11.1 Å². The third kappa shape index (κ3) is 1.73. The van der Waals surface area contributed by atoms with Crippen molar-refractivity contribution in [3.8, 4) is 11.5 Å². The molecule has 0 aliphatic rings. The minimum Gasteiger partial charge on any atom is -0.436 e. The molecule has 1 aromatic heterocycles. The molecule has 18 heavy (non-hydrogen) atoms. The number of nitrogens with zero attached hydrogens (tertiary/aromatic N) is 1. The number of rotatable bonds is 1. The van der Waals surface area contributed by atoms with Crippen LogP contribution in [0.4, 0.5) is 5.69 Å². The third-order valence-corrected chi connectivity index (χ3v) is 3.21. The molecule has 4 heteroatoms. The summed E-state index contributed by atoms with van der Waals surface area (Å²) in [6, 6.07) is 11.4. The van der Waals surface area contributed by atoms with Crippen LogP contribution in [0.1, 0.15) is 5.56 Å². The van der Waals surface area contributed by atoms with Gasteiger partial charge in [-0.05, 0) is 24.6 Å². The maximum absolute atomic E-state index is 5.97. The number of benzene rings is 2. The van der Waals surface area contributed by atoms with E-state index in [1.807, 2.05) is 31.2 Å². The fourth-order valence-corrected chi connectivity index (χ4v) is 2.05. The Balaban J connectivity index is 2.23. The van der Waals surface area contributed by atoms with Gasteiger partial charge in [-0.25, -0.2) is 4.98 Å². The van der Waals surface area contributed by atoms with Crippen molar-refractivity contribution < 1.29 is 4.42 Å². The Morgan fingerprint density at radius 2 is 2.00 bits per heavy atom. The van der Waals surface area contributed by atoms with Crippen LogP contribution in [0.3, 0.4) is 0 Å². The largest absolute Gasteiger partial charge is 0.436 e. The summed E-state index contributed by atoms with van der Waals surface area (Å²) in [5.74, 6) is 0.588. The Hall–Kier alpha value is -2.00. The van der Waals surface area contributed by atoms with Crippen LogP contribution >= 0.6 is 11.6 Å². The van der Waals surface area contributed by atoms with E-state index in [-0.39, 0.29) is 0 Å². The topological polar surface area (TPSA) is 52.0 Å². The lowest BCUT2D eigenvalue weighted by atomic mass is 10.1. The van der Waals surface area contributed by atoms with Gasteiger partial charge in [0.05, 0.1) is 10.7 Å². The highest BCUT2D eigenvalue weighted by Crippen LogP contribution is 2.30. The second-order valence-electron chi connectivity index (χ2n) is 4.18. The standard InChI is InChI=1S/C14H11ClN2O/c1-8-4-2-3-5-9(8)14-17-12-6-10(15)11(16)7-13(12)18-14/h2-7H,16H2,1H3. The van der Waals surface area contributed by atoms with Gasteiger partial charge in [0.25, 0.3) is 0 Å². The molecule has 0 bridgehead atoms. The first-order valence-electron chi connectivity index (χ1n) is 5.57. The molecule has 0 amide bonds. The molecule has 90 valence electrons. The Morgan fingerprint density at radius 3 is 2.78 bits per heavy atom. The van der Waals surface area contributed by atoms with Crippen molar-refractivity contribution in [1.29, 1.82) is 0 Å². The summed E-state index contributed by atoms with van der Waals surface area (Å²) in [6.45, 7) is 2.02. The monoisotopic (exact) mass is 258 g/mol. The minimum atomic E-state index is 0.493. The first-order valence-corrected chi connectivity index (χ1v) is 5.94. The SMILES string of the molecule is Cc1ccccc1-c1nc2cc(Cl)c(N)cc2o1. The van der Waals surface area contributed by atoms with E-state index in [1.54, 1.807) is 12.1 Å². The van der Waals surface area contributed by atoms with Gasteiger partial charge in [0.1, 0.15) is 5.52 Å². The number of aryl methyl sites for hydroxylation is 1. The van der Waals surface area contributed by atoms with E-state index in [2.05, 4.69) is 4.98 Å².